The van der Waals surface area contributed by atoms with Gasteiger partial charge in [-0.3, -0.25) is 9.59 Å². The number of hydrogen-bond acceptors (Lipinski definition) is 3. The predicted molar refractivity (Wildman–Crippen MR) is 111 cm³/mol. The molecule has 3 N–H and O–H groups in total. The SMILES string of the molecule is O=C(O)CC(c1ccccc1)C(NC(=O)c1ccc(F)cc1)(C(=O)O)c1ccccc1. The van der Waals surface area contributed by atoms with Crippen molar-refractivity contribution in [1.82, 2.24) is 5.32 Å². The Kier molecular flexibility index (Phi) is 6.45. The molecule has 158 valence electrons. The molecular weight excluding hydrogens is 401 g/mol. The summed E-state index contributed by atoms with van der Waals surface area (Å²) in [5, 5.41) is 22.5. The Morgan fingerprint density at radius 3 is 1.90 bits per heavy atom. The van der Waals surface area contributed by atoms with Crippen molar-refractivity contribution in [2.45, 2.75) is 17.9 Å². The van der Waals surface area contributed by atoms with Crippen LogP contribution in [0.3, 0.4) is 0 Å². The summed E-state index contributed by atoms with van der Waals surface area (Å²) < 4.78 is 13.3. The van der Waals surface area contributed by atoms with E-state index in [4.69, 9.17) is 0 Å². The summed E-state index contributed by atoms with van der Waals surface area (Å²) in [7, 11) is 0. The topological polar surface area (TPSA) is 104 Å². The number of carboxylic acid groups (broad SMARTS) is 2. The quantitative estimate of drug-likeness (QED) is 0.513. The van der Waals surface area contributed by atoms with Crippen molar-refractivity contribution in [2.24, 2.45) is 0 Å². The first-order valence-electron chi connectivity index (χ1n) is 9.48. The molecule has 0 spiro atoms. The van der Waals surface area contributed by atoms with Crippen LogP contribution in [0.25, 0.3) is 0 Å². The zero-order valence-electron chi connectivity index (χ0n) is 16.4. The fourth-order valence-electron chi connectivity index (χ4n) is 3.62. The van der Waals surface area contributed by atoms with E-state index in [0.29, 0.717) is 5.56 Å². The van der Waals surface area contributed by atoms with Gasteiger partial charge >= 0.3 is 11.9 Å². The van der Waals surface area contributed by atoms with Crippen molar-refractivity contribution in [3.63, 3.8) is 0 Å². The Balaban J connectivity index is 2.21. The minimum absolute atomic E-state index is 0.0464. The third kappa shape index (κ3) is 4.61. The standard InChI is InChI=1S/C24H20FNO5/c25-19-13-11-17(12-14-19)22(29)26-24(23(30)31,18-9-5-2-6-10-18)20(15-21(27)28)16-7-3-1-4-8-16/h1-14,20H,15H2,(H,26,29)(H,27,28)(H,30,31). The molecule has 0 aromatic heterocycles. The summed E-state index contributed by atoms with van der Waals surface area (Å²) >= 11 is 0. The van der Waals surface area contributed by atoms with E-state index >= 15 is 0 Å². The van der Waals surface area contributed by atoms with Crippen LogP contribution in [-0.4, -0.2) is 28.1 Å². The fourth-order valence-corrected chi connectivity index (χ4v) is 3.62. The van der Waals surface area contributed by atoms with Gasteiger partial charge in [-0.25, -0.2) is 9.18 Å². The minimum Gasteiger partial charge on any atom is -0.481 e. The highest BCUT2D eigenvalue weighted by molar-refractivity contribution is 5.99. The van der Waals surface area contributed by atoms with Crippen molar-refractivity contribution in [2.75, 3.05) is 0 Å². The number of carboxylic acids is 2. The maximum atomic E-state index is 13.3. The van der Waals surface area contributed by atoms with Gasteiger partial charge in [-0.1, -0.05) is 60.7 Å². The van der Waals surface area contributed by atoms with Crippen LogP contribution in [0.4, 0.5) is 4.39 Å². The van der Waals surface area contributed by atoms with Gasteiger partial charge in [0.15, 0.2) is 5.54 Å². The number of benzene rings is 3. The molecule has 0 fully saturated rings. The second-order valence-electron chi connectivity index (χ2n) is 7.00. The molecule has 0 aliphatic carbocycles. The Labute approximate surface area is 178 Å². The maximum absolute atomic E-state index is 13.3. The first-order valence-corrected chi connectivity index (χ1v) is 9.48. The summed E-state index contributed by atoms with van der Waals surface area (Å²) in [6.45, 7) is 0. The number of hydrogen-bond donors (Lipinski definition) is 3. The number of carbonyl (C=O) groups excluding carboxylic acids is 1. The lowest BCUT2D eigenvalue weighted by Crippen LogP contribution is -2.56. The minimum atomic E-state index is -2.09. The summed E-state index contributed by atoms with van der Waals surface area (Å²) in [6, 6.07) is 20.9. The summed E-state index contributed by atoms with van der Waals surface area (Å²) in [6.07, 6.45) is -0.547. The van der Waals surface area contributed by atoms with Gasteiger partial charge in [0.1, 0.15) is 5.82 Å². The predicted octanol–water partition coefficient (Wildman–Crippen LogP) is 3.79. The Hall–Kier alpha value is -4.00. The van der Waals surface area contributed by atoms with Crippen LogP contribution in [0.2, 0.25) is 0 Å². The van der Waals surface area contributed by atoms with E-state index in [0.717, 1.165) is 12.1 Å². The zero-order valence-corrected chi connectivity index (χ0v) is 16.4. The fraction of sp³-hybridized carbons (Fsp3) is 0.125. The highest BCUT2D eigenvalue weighted by Crippen LogP contribution is 2.40. The zero-order chi connectivity index (χ0) is 22.4. The number of nitrogens with one attached hydrogen (secondary N) is 1. The average molecular weight is 421 g/mol. The molecule has 0 saturated carbocycles. The van der Waals surface area contributed by atoms with Crippen molar-refractivity contribution in [1.29, 1.82) is 0 Å². The molecule has 2 atom stereocenters. The molecule has 0 saturated heterocycles. The smallest absolute Gasteiger partial charge is 0.334 e. The molecule has 0 aliphatic rings. The van der Waals surface area contributed by atoms with Crippen molar-refractivity contribution in [3.05, 3.63) is 107 Å². The van der Waals surface area contributed by atoms with Gasteiger partial charge in [-0.05, 0) is 35.4 Å². The van der Waals surface area contributed by atoms with Crippen molar-refractivity contribution >= 4 is 17.8 Å². The van der Waals surface area contributed by atoms with Crippen molar-refractivity contribution in [3.8, 4) is 0 Å². The van der Waals surface area contributed by atoms with Gasteiger partial charge in [0, 0.05) is 11.5 Å². The molecule has 6 nitrogen and oxygen atoms in total. The molecule has 31 heavy (non-hydrogen) atoms. The van der Waals surface area contributed by atoms with E-state index in [1.54, 1.807) is 48.5 Å². The molecule has 3 aromatic rings. The van der Waals surface area contributed by atoms with Gasteiger partial charge in [-0.15, -0.1) is 0 Å². The van der Waals surface area contributed by atoms with Gasteiger partial charge in [0.05, 0.1) is 6.42 Å². The summed E-state index contributed by atoms with van der Waals surface area (Å²) in [4.78, 5) is 37.5. The van der Waals surface area contributed by atoms with Crippen LogP contribution < -0.4 is 5.32 Å². The molecule has 3 rings (SSSR count). The van der Waals surface area contributed by atoms with E-state index in [-0.39, 0.29) is 11.1 Å². The molecule has 0 bridgehead atoms. The largest absolute Gasteiger partial charge is 0.481 e. The molecule has 0 aliphatic heterocycles. The van der Waals surface area contributed by atoms with E-state index in [9.17, 15) is 29.0 Å². The average Bonchev–Trinajstić information content (AvgIpc) is 2.77. The van der Waals surface area contributed by atoms with E-state index < -0.39 is 41.5 Å². The number of rotatable bonds is 8. The molecule has 2 unspecified atom stereocenters. The lowest BCUT2D eigenvalue weighted by Gasteiger charge is -2.38. The van der Waals surface area contributed by atoms with Crippen LogP contribution in [0.15, 0.2) is 84.9 Å². The van der Waals surface area contributed by atoms with Crippen LogP contribution in [-0.2, 0) is 15.1 Å². The molecule has 0 radical (unpaired) electrons. The first-order chi connectivity index (χ1) is 14.8. The number of carbonyl (C=O) groups is 3. The third-order valence-corrected chi connectivity index (χ3v) is 5.09. The third-order valence-electron chi connectivity index (χ3n) is 5.09. The van der Waals surface area contributed by atoms with E-state index in [2.05, 4.69) is 5.32 Å². The van der Waals surface area contributed by atoms with Crippen LogP contribution in [0.1, 0.15) is 33.8 Å². The van der Waals surface area contributed by atoms with Crippen LogP contribution >= 0.6 is 0 Å². The Bertz CT molecular complexity index is 1070. The van der Waals surface area contributed by atoms with Gasteiger partial charge in [0.25, 0.3) is 5.91 Å². The van der Waals surface area contributed by atoms with Crippen molar-refractivity contribution < 1.29 is 29.0 Å². The summed E-state index contributed by atoms with van der Waals surface area (Å²) in [5.41, 5.74) is -1.39. The lowest BCUT2D eigenvalue weighted by molar-refractivity contribution is -0.147. The molecule has 7 heteroatoms. The highest BCUT2D eigenvalue weighted by Gasteiger charge is 2.50. The summed E-state index contributed by atoms with van der Waals surface area (Å²) in [5.74, 6) is -5.07. The monoisotopic (exact) mass is 421 g/mol. The number of aliphatic carboxylic acids is 2. The van der Waals surface area contributed by atoms with E-state index in [1.165, 1.54) is 24.3 Å². The molecular formula is C24H20FNO5. The van der Waals surface area contributed by atoms with Gasteiger partial charge in [-0.2, -0.15) is 0 Å². The van der Waals surface area contributed by atoms with Gasteiger partial charge < -0.3 is 15.5 Å². The molecule has 0 heterocycles. The number of halogens is 1. The Morgan fingerprint density at radius 2 is 1.39 bits per heavy atom. The highest BCUT2D eigenvalue weighted by atomic mass is 19.1. The maximum Gasteiger partial charge on any atom is 0.334 e. The number of amides is 1. The van der Waals surface area contributed by atoms with E-state index in [1.807, 2.05) is 0 Å². The normalized spacial score (nSPS) is 13.6. The second-order valence-corrected chi connectivity index (χ2v) is 7.00. The lowest BCUT2D eigenvalue weighted by atomic mass is 9.72. The van der Waals surface area contributed by atoms with Crippen LogP contribution in [0, 0.1) is 5.82 Å². The Morgan fingerprint density at radius 1 is 0.839 bits per heavy atom. The molecule has 3 aromatic carbocycles. The molecule has 1 amide bonds. The first kappa shape index (κ1) is 21.7. The second kappa shape index (κ2) is 9.21. The van der Waals surface area contributed by atoms with Gasteiger partial charge in [0.2, 0.25) is 0 Å². The van der Waals surface area contributed by atoms with Crippen LogP contribution in [0.5, 0.6) is 0 Å².